The molecule has 32 heavy (non-hydrogen) atoms. The second-order valence-corrected chi connectivity index (χ2v) is 8.00. The van der Waals surface area contributed by atoms with Gasteiger partial charge in [-0.25, -0.2) is 0 Å². The molecule has 2 aromatic rings. The van der Waals surface area contributed by atoms with Gasteiger partial charge in [0.05, 0.1) is 23.1 Å². The molecule has 1 fully saturated rings. The average molecular weight is 431 g/mol. The fourth-order valence-corrected chi connectivity index (χ4v) is 4.18. The van der Waals surface area contributed by atoms with Gasteiger partial charge in [0, 0.05) is 19.5 Å². The first-order chi connectivity index (χ1) is 15.5. The van der Waals surface area contributed by atoms with Gasteiger partial charge in [0.25, 0.3) is 5.91 Å². The van der Waals surface area contributed by atoms with E-state index in [0.29, 0.717) is 30.6 Å². The van der Waals surface area contributed by atoms with E-state index in [-0.39, 0.29) is 48.4 Å². The normalized spacial score (nSPS) is 19.6. The quantitative estimate of drug-likeness (QED) is 0.521. The fraction of sp³-hybridized carbons (Fsp3) is 0.280. The highest BCUT2D eigenvalue weighted by molar-refractivity contribution is 6.06. The van der Waals surface area contributed by atoms with E-state index in [9.17, 15) is 19.2 Å². The molecule has 1 saturated heterocycles. The van der Waals surface area contributed by atoms with Crippen LogP contribution in [-0.4, -0.2) is 35.1 Å². The summed E-state index contributed by atoms with van der Waals surface area (Å²) in [6.07, 6.45) is 4.99. The van der Waals surface area contributed by atoms with Crippen molar-refractivity contribution < 1.29 is 19.2 Å². The highest BCUT2D eigenvalue weighted by Crippen LogP contribution is 2.35. The standard InChI is InChI=1S/C25H25N3O4/c29-22(14-15-28-24(31)18-10-4-5-11-19(18)25(28)32)27-21-13-7-6-12-20(21)23(30)26-16-17-8-2-1-3-9-17/h1-9,12-13,18-19H,10-11,14-16H2,(H,26,30)(H,27,29)/t18-,19+. The number of hydrogen-bond acceptors (Lipinski definition) is 4. The van der Waals surface area contributed by atoms with Gasteiger partial charge in [-0.3, -0.25) is 24.1 Å². The Balaban J connectivity index is 1.34. The van der Waals surface area contributed by atoms with Crippen molar-refractivity contribution in [2.24, 2.45) is 11.8 Å². The van der Waals surface area contributed by atoms with Crippen molar-refractivity contribution in [3.63, 3.8) is 0 Å². The highest BCUT2D eigenvalue weighted by Gasteiger charge is 2.46. The van der Waals surface area contributed by atoms with E-state index in [1.54, 1.807) is 24.3 Å². The molecule has 1 aliphatic carbocycles. The molecule has 4 amide bonds. The van der Waals surface area contributed by atoms with E-state index < -0.39 is 0 Å². The molecule has 0 aromatic heterocycles. The van der Waals surface area contributed by atoms with Crippen LogP contribution >= 0.6 is 0 Å². The lowest BCUT2D eigenvalue weighted by Gasteiger charge is -2.15. The number of para-hydroxylation sites is 1. The van der Waals surface area contributed by atoms with Crippen molar-refractivity contribution in [1.29, 1.82) is 0 Å². The first-order valence-electron chi connectivity index (χ1n) is 10.8. The molecule has 164 valence electrons. The second-order valence-electron chi connectivity index (χ2n) is 8.00. The third-order valence-corrected chi connectivity index (χ3v) is 5.90. The van der Waals surface area contributed by atoms with Gasteiger partial charge in [0.2, 0.25) is 17.7 Å². The molecule has 0 bridgehead atoms. The third kappa shape index (κ3) is 4.61. The first kappa shape index (κ1) is 21.5. The smallest absolute Gasteiger partial charge is 0.253 e. The Labute approximate surface area is 186 Å². The van der Waals surface area contributed by atoms with Crippen molar-refractivity contribution in [3.05, 3.63) is 77.9 Å². The largest absolute Gasteiger partial charge is 0.348 e. The number of benzene rings is 2. The van der Waals surface area contributed by atoms with Crippen molar-refractivity contribution in [2.45, 2.75) is 25.8 Å². The van der Waals surface area contributed by atoms with Crippen LogP contribution in [0.15, 0.2) is 66.7 Å². The molecule has 2 aliphatic rings. The Morgan fingerprint density at radius 3 is 2.19 bits per heavy atom. The van der Waals surface area contributed by atoms with Gasteiger partial charge < -0.3 is 10.6 Å². The molecule has 0 saturated carbocycles. The van der Waals surface area contributed by atoms with E-state index in [0.717, 1.165) is 5.56 Å². The van der Waals surface area contributed by atoms with Gasteiger partial charge in [-0.2, -0.15) is 0 Å². The molecule has 2 atom stereocenters. The lowest BCUT2D eigenvalue weighted by atomic mass is 9.85. The fourth-order valence-electron chi connectivity index (χ4n) is 4.18. The molecule has 4 rings (SSSR count). The minimum atomic E-state index is -0.359. The number of fused-ring (bicyclic) bond motifs is 1. The summed E-state index contributed by atoms with van der Waals surface area (Å²) in [7, 11) is 0. The van der Waals surface area contributed by atoms with Crippen LogP contribution in [0.2, 0.25) is 0 Å². The van der Waals surface area contributed by atoms with Crippen LogP contribution in [0.1, 0.15) is 35.2 Å². The number of imide groups is 1. The summed E-state index contributed by atoms with van der Waals surface area (Å²) >= 11 is 0. The lowest BCUT2D eigenvalue weighted by Crippen LogP contribution is -2.34. The van der Waals surface area contributed by atoms with Crippen LogP contribution in [0, 0.1) is 11.8 Å². The van der Waals surface area contributed by atoms with Crippen molar-refractivity contribution in [2.75, 3.05) is 11.9 Å². The maximum atomic E-state index is 12.7. The lowest BCUT2D eigenvalue weighted by molar-refractivity contribution is -0.140. The SMILES string of the molecule is O=C(CCN1C(=O)[C@H]2CC=CC[C@H]2C1=O)Nc1ccccc1C(=O)NCc1ccccc1. The Kier molecular flexibility index (Phi) is 6.44. The predicted molar refractivity (Wildman–Crippen MR) is 119 cm³/mol. The second kappa shape index (κ2) is 9.60. The molecule has 0 radical (unpaired) electrons. The summed E-state index contributed by atoms with van der Waals surface area (Å²) in [6, 6.07) is 16.3. The molecule has 1 heterocycles. The van der Waals surface area contributed by atoms with Crippen LogP contribution in [0.5, 0.6) is 0 Å². The summed E-state index contributed by atoms with van der Waals surface area (Å²) in [4.78, 5) is 51.5. The summed E-state index contributed by atoms with van der Waals surface area (Å²) < 4.78 is 0. The van der Waals surface area contributed by atoms with Crippen molar-refractivity contribution in [3.8, 4) is 0 Å². The van der Waals surface area contributed by atoms with Crippen molar-refractivity contribution in [1.82, 2.24) is 10.2 Å². The third-order valence-electron chi connectivity index (χ3n) is 5.90. The van der Waals surface area contributed by atoms with Gasteiger partial charge >= 0.3 is 0 Å². The zero-order valence-corrected chi connectivity index (χ0v) is 17.6. The highest BCUT2D eigenvalue weighted by atomic mass is 16.2. The number of carbonyl (C=O) groups excluding carboxylic acids is 4. The summed E-state index contributed by atoms with van der Waals surface area (Å²) in [5.41, 5.74) is 1.71. The summed E-state index contributed by atoms with van der Waals surface area (Å²) in [6.45, 7) is 0.414. The first-order valence-corrected chi connectivity index (χ1v) is 10.8. The van der Waals surface area contributed by atoms with Crippen LogP contribution in [-0.2, 0) is 20.9 Å². The maximum absolute atomic E-state index is 12.7. The van der Waals surface area contributed by atoms with Crippen LogP contribution in [0.4, 0.5) is 5.69 Å². The number of amides is 4. The van der Waals surface area contributed by atoms with Gasteiger partial charge in [-0.15, -0.1) is 0 Å². The van der Waals surface area contributed by atoms with E-state index in [4.69, 9.17) is 0 Å². The maximum Gasteiger partial charge on any atom is 0.253 e. The van der Waals surface area contributed by atoms with E-state index in [1.807, 2.05) is 42.5 Å². The number of allylic oxidation sites excluding steroid dienone is 2. The summed E-state index contributed by atoms with van der Waals surface area (Å²) in [5.74, 6) is -1.65. The van der Waals surface area contributed by atoms with E-state index in [2.05, 4.69) is 10.6 Å². The van der Waals surface area contributed by atoms with Crippen LogP contribution in [0.25, 0.3) is 0 Å². The number of rotatable bonds is 7. The zero-order chi connectivity index (χ0) is 22.5. The average Bonchev–Trinajstić information content (AvgIpc) is 3.07. The summed E-state index contributed by atoms with van der Waals surface area (Å²) in [5, 5.41) is 5.60. The van der Waals surface area contributed by atoms with Gasteiger partial charge in [-0.05, 0) is 30.5 Å². The molecule has 7 heteroatoms. The Hall–Kier alpha value is -3.74. The Morgan fingerprint density at radius 1 is 0.875 bits per heavy atom. The molecular formula is C25H25N3O4. The minimum absolute atomic E-state index is 0.0235. The molecule has 2 aromatic carbocycles. The van der Waals surface area contributed by atoms with Crippen LogP contribution < -0.4 is 10.6 Å². The van der Waals surface area contributed by atoms with E-state index >= 15 is 0 Å². The van der Waals surface area contributed by atoms with Gasteiger partial charge in [0.1, 0.15) is 0 Å². The predicted octanol–water partition coefficient (Wildman–Crippen LogP) is 2.90. The monoisotopic (exact) mass is 431 g/mol. The van der Waals surface area contributed by atoms with Gasteiger partial charge in [-0.1, -0.05) is 54.6 Å². The number of anilines is 1. The Bertz CT molecular complexity index is 1040. The van der Waals surface area contributed by atoms with Crippen LogP contribution in [0.3, 0.4) is 0 Å². The zero-order valence-electron chi connectivity index (χ0n) is 17.6. The molecule has 2 N–H and O–H groups in total. The number of nitrogens with one attached hydrogen (secondary N) is 2. The topological polar surface area (TPSA) is 95.6 Å². The van der Waals surface area contributed by atoms with Gasteiger partial charge in [0.15, 0.2) is 0 Å². The molecule has 0 spiro atoms. The molecular weight excluding hydrogens is 406 g/mol. The molecule has 1 aliphatic heterocycles. The number of nitrogens with zero attached hydrogens (tertiary/aromatic N) is 1. The number of likely N-dealkylation sites (tertiary alicyclic amines) is 1. The molecule has 7 nitrogen and oxygen atoms in total. The number of hydrogen-bond donors (Lipinski definition) is 2. The minimum Gasteiger partial charge on any atom is -0.348 e. The van der Waals surface area contributed by atoms with E-state index in [1.165, 1.54) is 4.90 Å². The van der Waals surface area contributed by atoms with Crippen molar-refractivity contribution >= 4 is 29.3 Å². The number of carbonyl (C=O) groups is 4. The Morgan fingerprint density at radius 2 is 1.50 bits per heavy atom. The molecule has 0 unspecified atom stereocenters.